The second kappa shape index (κ2) is 5.82. The number of likely N-dealkylation sites (N-methyl/N-ethyl adjacent to an activating group) is 1. The number of aromatic nitrogens is 1. The van der Waals surface area contributed by atoms with Crippen molar-refractivity contribution in [3.63, 3.8) is 0 Å². The molecule has 0 bridgehead atoms. The van der Waals surface area contributed by atoms with Gasteiger partial charge in [-0.05, 0) is 20.9 Å². The normalized spacial score (nSPS) is 10.7. The molecule has 0 amide bonds. The van der Waals surface area contributed by atoms with E-state index in [4.69, 9.17) is 4.74 Å². The first kappa shape index (κ1) is 12.1. The van der Waals surface area contributed by atoms with Gasteiger partial charge in [-0.15, -0.1) is 11.3 Å². The number of esters is 1. The van der Waals surface area contributed by atoms with E-state index < -0.39 is 0 Å². The topological polar surface area (TPSA) is 42.4 Å². The number of thiazole rings is 1. The third kappa shape index (κ3) is 4.40. The smallest absolute Gasteiger partial charge is 0.320 e. The zero-order valence-electron chi connectivity index (χ0n) is 9.32. The van der Waals surface area contributed by atoms with Crippen molar-refractivity contribution in [3.8, 4) is 0 Å². The van der Waals surface area contributed by atoms with Crippen molar-refractivity contribution in [2.45, 2.75) is 20.4 Å². The van der Waals surface area contributed by atoms with Crippen LogP contribution in [0, 0.1) is 6.92 Å². The summed E-state index contributed by atoms with van der Waals surface area (Å²) in [6.45, 7) is 5.21. The van der Waals surface area contributed by atoms with Crippen LogP contribution in [0.4, 0.5) is 0 Å². The second-order valence-corrected chi connectivity index (χ2v) is 4.40. The Morgan fingerprint density at radius 1 is 1.67 bits per heavy atom. The highest BCUT2D eigenvalue weighted by molar-refractivity contribution is 7.09. The van der Waals surface area contributed by atoms with E-state index in [1.165, 1.54) is 0 Å². The molecule has 0 spiro atoms. The molecule has 0 aliphatic heterocycles. The summed E-state index contributed by atoms with van der Waals surface area (Å²) >= 11 is 1.62. The number of nitrogens with zero attached hydrogens (tertiary/aromatic N) is 2. The molecule has 15 heavy (non-hydrogen) atoms. The van der Waals surface area contributed by atoms with E-state index in [1.54, 1.807) is 11.3 Å². The molecule has 1 heterocycles. The molecule has 0 aromatic carbocycles. The third-order valence-electron chi connectivity index (χ3n) is 1.80. The molecule has 0 atom stereocenters. The molecule has 1 rings (SSSR count). The minimum absolute atomic E-state index is 0.188. The monoisotopic (exact) mass is 228 g/mol. The molecular formula is C10H16N2O2S. The summed E-state index contributed by atoms with van der Waals surface area (Å²) < 4.78 is 4.86. The minimum Gasteiger partial charge on any atom is -0.465 e. The number of rotatable bonds is 5. The number of aryl methyl sites for hydroxylation is 1. The lowest BCUT2D eigenvalue weighted by molar-refractivity contribution is -0.144. The molecule has 0 unspecified atom stereocenters. The molecule has 1 aromatic heterocycles. The summed E-state index contributed by atoms with van der Waals surface area (Å²) in [5.74, 6) is -0.188. The molecule has 1 aromatic rings. The molecule has 0 saturated carbocycles. The van der Waals surface area contributed by atoms with Crippen molar-refractivity contribution >= 4 is 17.3 Å². The summed E-state index contributed by atoms with van der Waals surface area (Å²) in [5.41, 5.74) is 1.00. The number of hydrogen-bond acceptors (Lipinski definition) is 5. The summed E-state index contributed by atoms with van der Waals surface area (Å²) in [6.07, 6.45) is 0. The molecule has 0 radical (unpaired) electrons. The molecule has 0 fully saturated rings. The quantitative estimate of drug-likeness (QED) is 0.715. The molecule has 0 aliphatic carbocycles. The van der Waals surface area contributed by atoms with Gasteiger partial charge in [-0.3, -0.25) is 9.69 Å². The lowest BCUT2D eigenvalue weighted by atomic mass is 10.4. The highest BCUT2D eigenvalue weighted by atomic mass is 32.1. The van der Waals surface area contributed by atoms with Gasteiger partial charge >= 0.3 is 5.97 Å². The van der Waals surface area contributed by atoms with Crippen molar-refractivity contribution in [1.29, 1.82) is 0 Å². The maximum absolute atomic E-state index is 11.2. The lowest BCUT2D eigenvalue weighted by Crippen LogP contribution is -2.27. The molecule has 0 aliphatic rings. The van der Waals surface area contributed by atoms with Gasteiger partial charge in [0.2, 0.25) is 0 Å². The Morgan fingerprint density at radius 3 is 2.93 bits per heavy atom. The average Bonchev–Trinajstić information content (AvgIpc) is 2.51. The second-order valence-electron chi connectivity index (χ2n) is 3.34. The number of hydrogen-bond donors (Lipinski definition) is 0. The van der Waals surface area contributed by atoms with Crippen LogP contribution in [0.5, 0.6) is 0 Å². The van der Waals surface area contributed by atoms with Gasteiger partial charge in [0.25, 0.3) is 0 Å². The van der Waals surface area contributed by atoms with E-state index in [2.05, 4.69) is 4.98 Å². The van der Waals surface area contributed by atoms with Crippen LogP contribution < -0.4 is 0 Å². The van der Waals surface area contributed by atoms with E-state index >= 15 is 0 Å². The van der Waals surface area contributed by atoms with Crippen molar-refractivity contribution in [2.24, 2.45) is 0 Å². The summed E-state index contributed by atoms with van der Waals surface area (Å²) in [4.78, 5) is 17.4. The third-order valence-corrected chi connectivity index (χ3v) is 2.63. The summed E-state index contributed by atoms with van der Waals surface area (Å²) in [7, 11) is 1.88. The van der Waals surface area contributed by atoms with Crippen LogP contribution in [0.3, 0.4) is 0 Å². The van der Waals surface area contributed by atoms with Gasteiger partial charge in [0.1, 0.15) is 0 Å². The Bertz CT molecular complexity index is 325. The Labute approximate surface area is 93.9 Å². The predicted octanol–water partition coefficient (Wildman–Crippen LogP) is 1.45. The van der Waals surface area contributed by atoms with Gasteiger partial charge in [-0.1, -0.05) is 0 Å². The summed E-state index contributed by atoms with van der Waals surface area (Å²) in [6, 6.07) is 0. The van der Waals surface area contributed by atoms with Crippen LogP contribution in [0.25, 0.3) is 0 Å². The number of ether oxygens (including phenoxy) is 1. The standard InChI is InChI=1S/C10H16N2O2S/c1-4-14-10(13)6-12(3)5-9-7-15-8(2)11-9/h7H,4-6H2,1-3H3. The SMILES string of the molecule is CCOC(=O)CN(C)Cc1csc(C)n1. The maximum Gasteiger partial charge on any atom is 0.320 e. The fraction of sp³-hybridized carbons (Fsp3) is 0.600. The first-order valence-corrected chi connectivity index (χ1v) is 5.75. The van der Waals surface area contributed by atoms with Crippen molar-refractivity contribution in [3.05, 3.63) is 16.1 Å². The van der Waals surface area contributed by atoms with E-state index in [-0.39, 0.29) is 5.97 Å². The molecule has 0 saturated heterocycles. The zero-order chi connectivity index (χ0) is 11.3. The van der Waals surface area contributed by atoms with Crippen LogP contribution in [-0.4, -0.2) is 36.1 Å². The van der Waals surface area contributed by atoms with Crippen LogP contribution in [0.2, 0.25) is 0 Å². The fourth-order valence-electron chi connectivity index (χ4n) is 1.24. The number of carbonyl (C=O) groups excluding carboxylic acids is 1. The van der Waals surface area contributed by atoms with Crippen LogP contribution in [0.15, 0.2) is 5.38 Å². The zero-order valence-corrected chi connectivity index (χ0v) is 10.1. The van der Waals surface area contributed by atoms with Gasteiger partial charge in [0, 0.05) is 11.9 Å². The molecular weight excluding hydrogens is 212 g/mol. The highest BCUT2D eigenvalue weighted by Crippen LogP contribution is 2.09. The van der Waals surface area contributed by atoms with Gasteiger partial charge in [0.15, 0.2) is 0 Å². The van der Waals surface area contributed by atoms with Crippen molar-refractivity contribution < 1.29 is 9.53 Å². The largest absolute Gasteiger partial charge is 0.465 e. The van der Waals surface area contributed by atoms with Crippen LogP contribution in [0.1, 0.15) is 17.6 Å². The van der Waals surface area contributed by atoms with E-state index in [0.29, 0.717) is 19.7 Å². The Hall–Kier alpha value is -0.940. The molecule has 0 N–H and O–H groups in total. The van der Waals surface area contributed by atoms with Gasteiger partial charge in [-0.2, -0.15) is 0 Å². The van der Waals surface area contributed by atoms with Crippen LogP contribution in [-0.2, 0) is 16.1 Å². The van der Waals surface area contributed by atoms with E-state index in [1.807, 2.05) is 31.2 Å². The van der Waals surface area contributed by atoms with E-state index in [9.17, 15) is 4.79 Å². The van der Waals surface area contributed by atoms with Crippen LogP contribution >= 0.6 is 11.3 Å². The van der Waals surface area contributed by atoms with Crippen molar-refractivity contribution in [2.75, 3.05) is 20.2 Å². The number of carbonyl (C=O) groups is 1. The Balaban J connectivity index is 2.35. The minimum atomic E-state index is -0.188. The first-order chi connectivity index (χ1) is 7.11. The highest BCUT2D eigenvalue weighted by Gasteiger charge is 2.08. The average molecular weight is 228 g/mol. The first-order valence-electron chi connectivity index (χ1n) is 4.87. The lowest BCUT2D eigenvalue weighted by Gasteiger charge is -2.13. The molecule has 4 nitrogen and oxygen atoms in total. The summed E-state index contributed by atoms with van der Waals surface area (Å²) in [5, 5.41) is 3.06. The predicted molar refractivity (Wildman–Crippen MR) is 59.8 cm³/mol. The van der Waals surface area contributed by atoms with Crippen molar-refractivity contribution in [1.82, 2.24) is 9.88 Å². The Morgan fingerprint density at radius 2 is 2.40 bits per heavy atom. The van der Waals surface area contributed by atoms with Gasteiger partial charge in [-0.25, -0.2) is 4.98 Å². The van der Waals surface area contributed by atoms with E-state index in [0.717, 1.165) is 10.7 Å². The Kier molecular flexibility index (Phi) is 4.71. The fourth-order valence-corrected chi connectivity index (χ4v) is 1.84. The van der Waals surface area contributed by atoms with Gasteiger partial charge in [0.05, 0.1) is 23.9 Å². The molecule has 84 valence electrons. The maximum atomic E-state index is 11.2. The molecule has 5 heteroatoms. The van der Waals surface area contributed by atoms with Gasteiger partial charge < -0.3 is 4.74 Å².